The first kappa shape index (κ1) is 15.6. The molecule has 3 rings (SSSR count). The van der Waals surface area contributed by atoms with Crippen LogP contribution >= 0.6 is 0 Å². The Balaban J connectivity index is 1.75. The first-order valence-electron chi connectivity index (χ1n) is 7.24. The molecule has 0 radical (unpaired) electrons. The number of rotatable bonds is 6. The van der Waals surface area contributed by atoms with E-state index in [0.717, 1.165) is 5.56 Å². The molecular formula is C16H15N5O3. The molecular weight excluding hydrogens is 310 g/mol. The van der Waals surface area contributed by atoms with Crippen molar-refractivity contribution in [3.63, 3.8) is 0 Å². The molecule has 1 aromatic carbocycles. The van der Waals surface area contributed by atoms with Gasteiger partial charge in [-0.05, 0) is 23.4 Å². The number of hydrogen-bond acceptors (Lipinski definition) is 7. The van der Waals surface area contributed by atoms with Gasteiger partial charge in [-0.15, -0.1) is 10.2 Å². The van der Waals surface area contributed by atoms with Gasteiger partial charge in [0.25, 0.3) is 0 Å². The lowest BCUT2D eigenvalue weighted by molar-refractivity contribution is -0.139. The van der Waals surface area contributed by atoms with Crippen LogP contribution in [0.2, 0.25) is 0 Å². The Morgan fingerprint density at radius 1 is 1.21 bits per heavy atom. The lowest BCUT2D eigenvalue weighted by Gasteiger charge is -2.10. The molecule has 0 bridgehead atoms. The van der Waals surface area contributed by atoms with Gasteiger partial charge in [-0.25, -0.2) is 0 Å². The molecule has 0 aliphatic heterocycles. The monoisotopic (exact) mass is 325 g/mol. The molecule has 0 aliphatic rings. The lowest BCUT2D eigenvalue weighted by Crippen LogP contribution is -2.08. The summed E-state index contributed by atoms with van der Waals surface area (Å²) >= 11 is 0. The summed E-state index contributed by atoms with van der Waals surface area (Å²) in [6.07, 6.45) is 3.31. The Kier molecular flexibility index (Phi) is 4.76. The molecule has 2 aromatic heterocycles. The van der Waals surface area contributed by atoms with Crippen molar-refractivity contribution in [3.05, 3.63) is 60.2 Å². The number of carbonyl (C=O) groups excluding carboxylic acids is 1. The van der Waals surface area contributed by atoms with Gasteiger partial charge in [-0.3, -0.25) is 9.78 Å². The van der Waals surface area contributed by atoms with Crippen molar-refractivity contribution in [3.8, 4) is 11.5 Å². The van der Waals surface area contributed by atoms with Crippen LogP contribution in [0.4, 0.5) is 0 Å². The zero-order valence-electron chi connectivity index (χ0n) is 13.0. The molecule has 8 heteroatoms. The second-order valence-corrected chi connectivity index (χ2v) is 4.89. The molecule has 0 fully saturated rings. The highest BCUT2D eigenvalue weighted by atomic mass is 16.5. The SMILES string of the molecule is COC(=O)Cc1nnn(Cc2ccccc2Oc2cccnc2)n1. The third-order valence-corrected chi connectivity index (χ3v) is 3.17. The minimum absolute atomic E-state index is 0.00959. The summed E-state index contributed by atoms with van der Waals surface area (Å²) in [5.74, 6) is 1.22. The fourth-order valence-corrected chi connectivity index (χ4v) is 2.04. The Hall–Kier alpha value is -3.29. The summed E-state index contributed by atoms with van der Waals surface area (Å²) in [5, 5.41) is 12.0. The van der Waals surface area contributed by atoms with Gasteiger partial charge in [0.15, 0.2) is 5.82 Å². The molecule has 2 heterocycles. The number of aromatic nitrogens is 5. The predicted octanol–water partition coefficient (Wildman–Crippen LogP) is 1.62. The van der Waals surface area contributed by atoms with E-state index in [0.29, 0.717) is 23.9 Å². The van der Waals surface area contributed by atoms with E-state index >= 15 is 0 Å². The van der Waals surface area contributed by atoms with Gasteiger partial charge in [-0.1, -0.05) is 18.2 Å². The molecule has 0 spiro atoms. The zero-order valence-corrected chi connectivity index (χ0v) is 13.0. The van der Waals surface area contributed by atoms with Crippen LogP contribution in [0, 0.1) is 0 Å². The van der Waals surface area contributed by atoms with E-state index in [2.05, 4.69) is 25.1 Å². The standard InChI is InChI=1S/C16H15N5O3/c1-23-16(22)9-15-18-20-21(19-15)11-12-5-2-3-7-14(12)24-13-6-4-8-17-10-13/h2-8,10H,9,11H2,1H3. The third-order valence-electron chi connectivity index (χ3n) is 3.17. The molecule has 24 heavy (non-hydrogen) atoms. The minimum atomic E-state index is -0.408. The molecule has 0 aliphatic carbocycles. The van der Waals surface area contributed by atoms with E-state index in [1.807, 2.05) is 30.3 Å². The van der Waals surface area contributed by atoms with Crippen LogP contribution in [0.25, 0.3) is 0 Å². The van der Waals surface area contributed by atoms with Crippen molar-refractivity contribution in [1.82, 2.24) is 25.2 Å². The van der Waals surface area contributed by atoms with Crippen molar-refractivity contribution in [2.24, 2.45) is 0 Å². The molecule has 0 N–H and O–H groups in total. The van der Waals surface area contributed by atoms with Crippen LogP contribution in [0.1, 0.15) is 11.4 Å². The number of tetrazole rings is 1. The van der Waals surface area contributed by atoms with Crippen molar-refractivity contribution < 1.29 is 14.3 Å². The number of pyridine rings is 1. The lowest BCUT2D eigenvalue weighted by atomic mass is 10.2. The fraction of sp³-hybridized carbons (Fsp3) is 0.188. The van der Waals surface area contributed by atoms with Crippen LogP contribution in [0.3, 0.4) is 0 Å². The average molecular weight is 325 g/mol. The maximum atomic E-state index is 11.2. The highest BCUT2D eigenvalue weighted by molar-refractivity contribution is 5.71. The molecule has 8 nitrogen and oxygen atoms in total. The molecule has 0 amide bonds. The van der Waals surface area contributed by atoms with Gasteiger partial charge in [0.05, 0.1) is 19.9 Å². The van der Waals surface area contributed by atoms with E-state index in [1.165, 1.54) is 11.9 Å². The summed E-state index contributed by atoms with van der Waals surface area (Å²) in [5.41, 5.74) is 0.878. The average Bonchev–Trinajstić information content (AvgIpc) is 3.04. The van der Waals surface area contributed by atoms with Gasteiger partial charge >= 0.3 is 5.97 Å². The Bertz CT molecular complexity index is 819. The normalized spacial score (nSPS) is 10.4. The first-order valence-corrected chi connectivity index (χ1v) is 7.24. The van der Waals surface area contributed by atoms with Crippen LogP contribution in [-0.4, -0.2) is 38.3 Å². The largest absolute Gasteiger partial charge is 0.469 e. The van der Waals surface area contributed by atoms with Crippen LogP contribution in [0.15, 0.2) is 48.8 Å². The quantitative estimate of drug-likeness (QED) is 0.636. The predicted molar refractivity (Wildman–Crippen MR) is 83.4 cm³/mol. The highest BCUT2D eigenvalue weighted by Crippen LogP contribution is 2.24. The maximum absolute atomic E-state index is 11.2. The number of benzene rings is 1. The van der Waals surface area contributed by atoms with E-state index in [9.17, 15) is 4.79 Å². The van der Waals surface area contributed by atoms with Crippen LogP contribution in [-0.2, 0) is 22.5 Å². The van der Waals surface area contributed by atoms with E-state index in [1.54, 1.807) is 18.5 Å². The maximum Gasteiger partial charge on any atom is 0.313 e. The summed E-state index contributed by atoms with van der Waals surface area (Å²) in [7, 11) is 1.32. The summed E-state index contributed by atoms with van der Waals surface area (Å²) in [4.78, 5) is 16.7. The van der Waals surface area contributed by atoms with Crippen molar-refractivity contribution in [2.75, 3.05) is 7.11 Å². The number of nitrogens with zero attached hydrogens (tertiary/aromatic N) is 5. The Labute approximate surface area is 138 Å². The van der Waals surface area contributed by atoms with E-state index in [4.69, 9.17) is 4.74 Å². The van der Waals surface area contributed by atoms with E-state index in [-0.39, 0.29) is 6.42 Å². The van der Waals surface area contributed by atoms with Gasteiger partial charge in [0, 0.05) is 11.8 Å². The molecule has 122 valence electrons. The van der Waals surface area contributed by atoms with Crippen molar-refractivity contribution in [2.45, 2.75) is 13.0 Å². The highest BCUT2D eigenvalue weighted by Gasteiger charge is 2.11. The van der Waals surface area contributed by atoms with Crippen molar-refractivity contribution >= 4 is 5.97 Å². The second kappa shape index (κ2) is 7.32. The number of para-hydroxylation sites is 1. The Morgan fingerprint density at radius 3 is 2.88 bits per heavy atom. The number of ether oxygens (including phenoxy) is 2. The van der Waals surface area contributed by atoms with E-state index < -0.39 is 5.97 Å². The minimum Gasteiger partial charge on any atom is -0.469 e. The van der Waals surface area contributed by atoms with Gasteiger partial charge < -0.3 is 9.47 Å². The zero-order chi connectivity index (χ0) is 16.8. The molecule has 0 saturated carbocycles. The number of methoxy groups -OCH3 is 1. The first-order chi connectivity index (χ1) is 11.7. The molecule has 0 atom stereocenters. The number of carbonyl (C=O) groups is 1. The van der Waals surface area contributed by atoms with Gasteiger partial charge in [0.1, 0.15) is 17.9 Å². The number of esters is 1. The molecule has 0 unspecified atom stereocenters. The van der Waals surface area contributed by atoms with Gasteiger partial charge in [0.2, 0.25) is 0 Å². The summed E-state index contributed by atoms with van der Waals surface area (Å²) in [6.45, 7) is 0.366. The molecule has 3 aromatic rings. The number of hydrogen-bond donors (Lipinski definition) is 0. The molecule has 0 saturated heterocycles. The van der Waals surface area contributed by atoms with Crippen LogP contribution in [0.5, 0.6) is 11.5 Å². The van der Waals surface area contributed by atoms with Crippen molar-refractivity contribution in [1.29, 1.82) is 0 Å². The fourth-order valence-electron chi connectivity index (χ4n) is 2.04. The third kappa shape index (κ3) is 3.92. The van der Waals surface area contributed by atoms with Crippen LogP contribution < -0.4 is 4.74 Å². The second-order valence-electron chi connectivity index (χ2n) is 4.89. The summed E-state index contributed by atoms with van der Waals surface area (Å²) in [6, 6.07) is 11.2. The smallest absolute Gasteiger partial charge is 0.313 e. The topological polar surface area (TPSA) is 92.0 Å². The summed E-state index contributed by atoms with van der Waals surface area (Å²) < 4.78 is 10.4. The van der Waals surface area contributed by atoms with Gasteiger partial charge in [-0.2, -0.15) is 4.80 Å². The Morgan fingerprint density at radius 2 is 2.08 bits per heavy atom.